The number of phenolic OH excluding ortho intramolecular Hbond substituents is 1. The third-order valence-electron chi connectivity index (χ3n) is 8.18. The summed E-state index contributed by atoms with van der Waals surface area (Å²) in [5, 5.41) is 22.8. The van der Waals surface area contributed by atoms with Crippen LogP contribution in [0.1, 0.15) is 54.2 Å². The highest BCUT2D eigenvalue weighted by molar-refractivity contribution is 6.32. The number of ketones is 4. The first kappa shape index (κ1) is 26.1. The lowest BCUT2D eigenvalue weighted by Gasteiger charge is -2.52. The van der Waals surface area contributed by atoms with Gasteiger partial charge in [0.1, 0.15) is 5.75 Å². The molecule has 6 N–H and O–H groups in total. The molecule has 0 aromatic heterocycles. The number of amides is 1. The molecule has 36 heavy (non-hydrogen) atoms. The number of benzene rings is 1. The highest BCUT2D eigenvalue weighted by atomic mass is 16.3. The molecule has 0 spiro atoms. The molecule has 3 aliphatic carbocycles. The van der Waals surface area contributed by atoms with E-state index in [1.165, 1.54) is 4.90 Å². The smallest absolute Gasteiger partial charge is 0.235 e. The highest BCUT2D eigenvalue weighted by Crippen LogP contribution is 2.52. The summed E-state index contributed by atoms with van der Waals surface area (Å²) in [6.07, 6.45) is 0.214. The van der Waals surface area contributed by atoms with Crippen LogP contribution in [-0.4, -0.2) is 69.9 Å². The maximum absolute atomic E-state index is 13.9. The molecule has 0 radical (unpaired) electrons. The van der Waals surface area contributed by atoms with Crippen molar-refractivity contribution in [3.8, 4) is 5.75 Å². The van der Waals surface area contributed by atoms with Gasteiger partial charge in [-0.25, -0.2) is 0 Å². The second kappa shape index (κ2) is 8.29. The minimum Gasteiger partial charge on any atom is -0.507 e. The van der Waals surface area contributed by atoms with Gasteiger partial charge < -0.3 is 21.7 Å². The molecule has 1 aromatic rings. The van der Waals surface area contributed by atoms with Gasteiger partial charge >= 0.3 is 0 Å². The zero-order valence-electron chi connectivity index (χ0n) is 21.1. The molecule has 10 heteroatoms. The summed E-state index contributed by atoms with van der Waals surface area (Å²) in [5.41, 5.74) is 9.76. The lowest BCUT2D eigenvalue weighted by molar-refractivity contribution is -0.181. The molecule has 0 aliphatic heterocycles. The van der Waals surface area contributed by atoms with Crippen molar-refractivity contribution in [2.75, 3.05) is 14.1 Å². The van der Waals surface area contributed by atoms with Crippen LogP contribution in [-0.2, 0) is 37.6 Å². The van der Waals surface area contributed by atoms with Crippen molar-refractivity contribution in [1.82, 2.24) is 4.90 Å². The average Bonchev–Trinajstić information content (AvgIpc) is 2.75. The zero-order valence-corrected chi connectivity index (χ0v) is 21.1. The van der Waals surface area contributed by atoms with Crippen molar-refractivity contribution >= 4 is 29.0 Å². The second-order valence-electron chi connectivity index (χ2n) is 11.5. The number of hydrogen-bond acceptors (Lipinski definition) is 9. The normalized spacial score (nSPS) is 32.3. The number of aliphatic hydroxyl groups is 1. The number of nitrogens with two attached hydrogens (primary N) is 2. The molecule has 0 saturated heterocycles. The number of phenols is 1. The van der Waals surface area contributed by atoms with Crippen molar-refractivity contribution in [2.24, 2.45) is 35.1 Å². The van der Waals surface area contributed by atoms with Gasteiger partial charge in [-0.05, 0) is 55.5 Å². The monoisotopic (exact) mass is 499 g/mol. The first-order valence-corrected chi connectivity index (χ1v) is 12.0. The standard InChI is InChI=1S/C26H33N3O7/c1-25(2,3)14-8-11(9-27)12-6-10-7-13-18(29(4)5)21(32)17(24(28)35)23(34)26(13,36)22(33)15(10)20(31)16(12)19(14)30/h8,10,13,15,17-18,30,36H,6-7,9,27H2,1-5H3,(H2,28,35)/t10-,13-,15?,17?,18-,26-/m1/s1. The van der Waals surface area contributed by atoms with Gasteiger partial charge in [0.15, 0.2) is 34.7 Å². The number of nitrogens with zero attached hydrogens (tertiary/aromatic N) is 1. The molecule has 0 bridgehead atoms. The number of carbonyl (C=O) groups is 5. The van der Waals surface area contributed by atoms with E-state index in [4.69, 9.17) is 11.5 Å². The highest BCUT2D eigenvalue weighted by Gasteiger charge is 2.69. The van der Waals surface area contributed by atoms with Gasteiger partial charge in [-0.15, -0.1) is 0 Å². The molecule has 2 saturated carbocycles. The Morgan fingerprint density at radius 2 is 1.78 bits per heavy atom. The Kier molecular flexibility index (Phi) is 6.02. The van der Waals surface area contributed by atoms with Gasteiger partial charge in [0.05, 0.1) is 17.5 Å². The minimum atomic E-state index is -2.73. The number of primary amides is 1. The molecule has 4 rings (SSSR count). The molecule has 0 heterocycles. The quantitative estimate of drug-likeness (QED) is 0.403. The van der Waals surface area contributed by atoms with Gasteiger partial charge in [-0.2, -0.15) is 0 Å². The summed E-state index contributed by atoms with van der Waals surface area (Å²) in [6, 6.07) is 0.647. The van der Waals surface area contributed by atoms with E-state index in [1.807, 2.05) is 20.8 Å². The van der Waals surface area contributed by atoms with E-state index in [1.54, 1.807) is 20.2 Å². The van der Waals surface area contributed by atoms with Crippen LogP contribution < -0.4 is 11.5 Å². The van der Waals surface area contributed by atoms with E-state index in [0.29, 0.717) is 16.7 Å². The Morgan fingerprint density at radius 3 is 2.28 bits per heavy atom. The minimum absolute atomic E-state index is 0.00961. The Balaban J connectivity index is 1.91. The Labute approximate surface area is 209 Å². The van der Waals surface area contributed by atoms with Crippen molar-refractivity contribution in [3.63, 3.8) is 0 Å². The number of Topliss-reactive ketones (excluding diaryl/α,β-unsaturated/α-hetero) is 4. The van der Waals surface area contributed by atoms with Crippen LogP contribution in [0.5, 0.6) is 5.75 Å². The Bertz CT molecular complexity index is 1210. The van der Waals surface area contributed by atoms with Crippen LogP contribution >= 0.6 is 0 Å². The van der Waals surface area contributed by atoms with Crippen molar-refractivity contribution in [1.29, 1.82) is 0 Å². The van der Waals surface area contributed by atoms with Crippen LogP contribution in [0, 0.1) is 23.7 Å². The van der Waals surface area contributed by atoms with Crippen molar-refractivity contribution < 1.29 is 34.2 Å². The molecule has 194 valence electrons. The third kappa shape index (κ3) is 3.38. The van der Waals surface area contributed by atoms with Gasteiger partial charge in [-0.3, -0.25) is 28.9 Å². The van der Waals surface area contributed by atoms with E-state index < -0.39 is 69.8 Å². The molecule has 2 unspecified atom stereocenters. The van der Waals surface area contributed by atoms with Gasteiger partial charge in [0.2, 0.25) is 5.91 Å². The SMILES string of the molecule is CN(C)[C@H]1C(=O)C(C(N)=O)C(=O)[C@]2(O)C(=O)C3C(=O)c4c(O)c(C(C)(C)C)cc(CN)c4C[C@@H]3C[C@H]12. The van der Waals surface area contributed by atoms with Crippen LogP contribution in [0.3, 0.4) is 0 Å². The van der Waals surface area contributed by atoms with Gasteiger partial charge in [0, 0.05) is 18.0 Å². The van der Waals surface area contributed by atoms with E-state index in [-0.39, 0.29) is 30.7 Å². The lowest BCUT2D eigenvalue weighted by atomic mass is 9.52. The number of rotatable bonds is 3. The fraction of sp³-hybridized carbons (Fsp3) is 0.577. The van der Waals surface area contributed by atoms with E-state index in [9.17, 15) is 34.2 Å². The van der Waals surface area contributed by atoms with Crippen molar-refractivity contribution in [3.05, 3.63) is 28.3 Å². The summed E-state index contributed by atoms with van der Waals surface area (Å²) in [7, 11) is 3.10. The van der Waals surface area contributed by atoms with Crippen LogP contribution in [0.25, 0.3) is 0 Å². The molecule has 6 atom stereocenters. The van der Waals surface area contributed by atoms with Crippen LogP contribution in [0.4, 0.5) is 0 Å². The molecule has 10 nitrogen and oxygen atoms in total. The molecule has 1 aromatic carbocycles. The number of fused-ring (bicyclic) bond motifs is 3. The molecule has 1 amide bonds. The molecular formula is C26H33N3O7. The largest absolute Gasteiger partial charge is 0.507 e. The van der Waals surface area contributed by atoms with E-state index in [2.05, 4.69) is 0 Å². The zero-order chi connectivity index (χ0) is 27.1. The third-order valence-corrected chi connectivity index (χ3v) is 8.18. The molecular weight excluding hydrogens is 466 g/mol. The average molecular weight is 500 g/mol. The van der Waals surface area contributed by atoms with E-state index in [0.717, 1.165) is 0 Å². The fourth-order valence-corrected chi connectivity index (χ4v) is 6.50. The van der Waals surface area contributed by atoms with Crippen LogP contribution in [0.2, 0.25) is 0 Å². The first-order chi connectivity index (χ1) is 16.6. The predicted octanol–water partition coefficient (Wildman–Crippen LogP) is -0.377. The Morgan fingerprint density at radius 1 is 1.17 bits per heavy atom. The fourth-order valence-electron chi connectivity index (χ4n) is 6.50. The van der Waals surface area contributed by atoms with Crippen LogP contribution in [0.15, 0.2) is 6.07 Å². The lowest BCUT2D eigenvalue weighted by Crippen LogP contribution is -2.74. The Hall–Kier alpha value is -2.95. The summed E-state index contributed by atoms with van der Waals surface area (Å²) in [5.74, 6) is -10.5. The maximum atomic E-state index is 13.9. The summed E-state index contributed by atoms with van der Waals surface area (Å²) < 4.78 is 0. The summed E-state index contributed by atoms with van der Waals surface area (Å²) >= 11 is 0. The number of carbonyl (C=O) groups excluding carboxylic acids is 5. The van der Waals surface area contributed by atoms with E-state index >= 15 is 0 Å². The maximum Gasteiger partial charge on any atom is 0.235 e. The summed E-state index contributed by atoms with van der Waals surface area (Å²) in [4.78, 5) is 67.6. The van der Waals surface area contributed by atoms with Crippen molar-refractivity contribution in [2.45, 2.75) is 57.2 Å². The number of hydrogen-bond donors (Lipinski definition) is 4. The summed E-state index contributed by atoms with van der Waals surface area (Å²) in [6.45, 7) is 5.71. The molecule has 2 fully saturated rings. The topological polar surface area (TPSA) is 181 Å². The number of aromatic hydroxyl groups is 1. The van der Waals surface area contributed by atoms with Gasteiger partial charge in [-0.1, -0.05) is 20.8 Å². The number of likely N-dealkylation sites (N-methyl/N-ethyl adjacent to an activating group) is 1. The molecule has 3 aliphatic rings. The predicted molar refractivity (Wildman–Crippen MR) is 128 cm³/mol. The van der Waals surface area contributed by atoms with Gasteiger partial charge in [0.25, 0.3) is 0 Å². The second-order valence-corrected chi connectivity index (χ2v) is 11.5. The first-order valence-electron chi connectivity index (χ1n) is 12.0.